The molecule has 1 N–H and O–H groups in total. The second-order valence-corrected chi connectivity index (χ2v) is 2.20. The Hall–Kier alpha value is -0.570. The summed E-state index contributed by atoms with van der Waals surface area (Å²) in [5.74, 6) is 0. The summed E-state index contributed by atoms with van der Waals surface area (Å²) < 4.78 is 5.11. The Morgan fingerprint density at radius 3 is 3.11 bits per heavy atom. The lowest BCUT2D eigenvalue weighted by molar-refractivity contribution is -0.111. The van der Waals surface area contributed by atoms with Crippen molar-refractivity contribution in [3.8, 4) is 0 Å². The van der Waals surface area contributed by atoms with Gasteiger partial charge in [0.05, 0.1) is 12.6 Å². The molecule has 1 fully saturated rings. The molecule has 0 bridgehead atoms. The van der Waals surface area contributed by atoms with Gasteiger partial charge in [0.1, 0.15) is 0 Å². The lowest BCUT2D eigenvalue weighted by Gasteiger charge is -2.20. The number of amides is 1. The van der Waals surface area contributed by atoms with Crippen LogP contribution in [0, 0.1) is 0 Å². The third kappa shape index (κ3) is 2.01. The number of hydrogen-bond acceptors (Lipinski definition) is 2. The van der Waals surface area contributed by atoms with Gasteiger partial charge in [0.15, 0.2) is 0 Å². The fraction of sp³-hybridized carbons (Fsp3) is 0.833. The normalized spacial score (nSPS) is 27.3. The van der Waals surface area contributed by atoms with Crippen LogP contribution in [-0.2, 0) is 9.53 Å². The van der Waals surface area contributed by atoms with Crippen LogP contribution in [0.1, 0.15) is 12.8 Å². The predicted octanol–water partition coefficient (Wildman–Crippen LogP) is -0.0886. The van der Waals surface area contributed by atoms with Gasteiger partial charge in [-0.2, -0.15) is 0 Å². The van der Waals surface area contributed by atoms with E-state index in [2.05, 4.69) is 5.32 Å². The molecule has 0 unspecified atom stereocenters. The van der Waals surface area contributed by atoms with E-state index >= 15 is 0 Å². The Morgan fingerprint density at radius 1 is 1.67 bits per heavy atom. The smallest absolute Gasteiger partial charge is 0.207 e. The molecule has 1 atom stereocenters. The highest BCUT2D eigenvalue weighted by molar-refractivity contribution is 5.46. The molecule has 0 aromatic rings. The second-order valence-electron chi connectivity index (χ2n) is 2.20. The zero-order valence-electron chi connectivity index (χ0n) is 5.30. The van der Waals surface area contributed by atoms with Crippen LogP contribution in [0.25, 0.3) is 0 Å². The Kier molecular flexibility index (Phi) is 2.51. The second kappa shape index (κ2) is 3.45. The summed E-state index contributed by atoms with van der Waals surface area (Å²) in [6.45, 7) is 1.52. The molecule has 1 heterocycles. The number of carbonyl (C=O) groups excluding carboxylic acids is 1. The largest absolute Gasteiger partial charge is 0.379 e. The van der Waals surface area contributed by atoms with E-state index in [1.54, 1.807) is 0 Å². The molecule has 0 spiro atoms. The van der Waals surface area contributed by atoms with E-state index in [1.807, 2.05) is 0 Å². The monoisotopic (exact) mass is 129 g/mol. The van der Waals surface area contributed by atoms with Gasteiger partial charge in [-0.05, 0) is 12.8 Å². The van der Waals surface area contributed by atoms with Crippen LogP contribution in [0.3, 0.4) is 0 Å². The zero-order chi connectivity index (χ0) is 6.53. The van der Waals surface area contributed by atoms with E-state index < -0.39 is 0 Å². The molecule has 1 amide bonds. The maximum Gasteiger partial charge on any atom is 0.207 e. The molecule has 0 radical (unpaired) electrons. The molecule has 0 aliphatic carbocycles. The van der Waals surface area contributed by atoms with Crippen LogP contribution in [0.15, 0.2) is 0 Å². The average Bonchev–Trinajstić information content (AvgIpc) is 1.91. The summed E-state index contributed by atoms with van der Waals surface area (Å²) >= 11 is 0. The van der Waals surface area contributed by atoms with Gasteiger partial charge in [-0.3, -0.25) is 4.79 Å². The van der Waals surface area contributed by atoms with Crippen LogP contribution in [0.4, 0.5) is 0 Å². The maximum absolute atomic E-state index is 9.91. The third-order valence-corrected chi connectivity index (χ3v) is 1.46. The van der Waals surface area contributed by atoms with Gasteiger partial charge in [-0.1, -0.05) is 0 Å². The summed E-state index contributed by atoms with van der Waals surface area (Å²) in [5.41, 5.74) is 0. The molecule has 52 valence electrons. The van der Waals surface area contributed by atoms with E-state index in [4.69, 9.17) is 4.74 Å². The first-order valence-corrected chi connectivity index (χ1v) is 3.21. The molecule has 3 nitrogen and oxygen atoms in total. The minimum Gasteiger partial charge on any atom is -0.379 e. The molecule has 0 saturated carbocycles. The zero-order valence-corrected chi connectivity index (χ0v) is 5.30. The van der Waals surface area contributed by atoms with Crippen molar-refractivity contribution < 1.29 is 9.53 Å². The lowest BCUT2D eigenvalue weighted by atomic mass is 10.1. The quantitative estimate of drug-likeness (QED) is 0.529. The summed E-state index contributed by atoms with van der Waals surface area (Å²) in [6.07, 6.45) is 2.85. The first kappa shape index (κ1) is 6.55. The molecule has 9 heavy (non-hydrogen) atoms. The minimum absolute atomic E-state index is 0.260. The van der Waals surface area contributed by atoms with Gasteiger partial charge in [0.2, 0.25) is 6.41 Å². The number of rotatable bonds is 2. The van der Waals surface area contributed by atoms with Gasteiger partial charge < -0.3 is 10.1 Å². The van der Waals surface area contributed by atoms with Crippen molar-refractivity contribution in [2.75, 3.05) is 13.2 Å². The molecule has 3 heteroatoms. The minimum atomic E-state index is 0.260. The first-order chi connectivity index (χ1) is 4.43. The summed E-state index contributed by atoms with van der Waals surface area (Å²) in [7, 11) is 0. The Morgan fingerprint density at radius 2 is 2.56 bits per heavy atom. The SMILES string of the molecule is O=CN[C@H]1CCCOC1. The van der Waals surface area contributed by atoms with Crippen molar-refractivity contribution in [2.45, 2.75) is 18.9 Å². The summed E-state index contributed by atoms with van der Waals surface area (Å²) in [4.78, 5) is 9.91. The number of nitrogens with one attached hydrogen (secondary N) is 1. The highest BCUT2D eigenvalue weighted by Gasteiger charge is 2.11. The third-order valence-electron chi connectivity index (χ3n) is 1.46. The molecule has 0 aromatic heterocycles. The number of carbonyl (C=O) groups is 1. The van der Waals surface area contributed by atoms with E-state index in [9.17, 15) is 4.79 Å². The Labute approximate surface area is 54.4 Å². The van der Waals surface area contributed by atoms with E-state index in [0.29, 0.717) is 6.61 Å². The molecular weight excluding hydrogens is 118 g/mol. The molecular formula is C6H11NO2. The fourth-order valence-electron chi connectivity index (χ4n) is 0.968. The first-order valence-electron chi connectivity index (χ1n) is 3.21. The number of ether oxygens (including phenoxy) is 1. The highest BCUT2D eigenvalue weighted by Crippen LogP contribution is 2.04. The van der Waals surface area contributed by atoms with Crippen LogP contribution in [-0.4, -0.2) is 25.7 Å². The molecule has 1 saturated heterocycles. The van der Waals surface area contributed by atoms with Crippen molar-refractivity contribution in [2.24, 2.45) is 0 Å². The Balaban J connectivity index is 2.15. The summed E-state index contributed by atoms with van der Waals surface area (Å²) in [5, 5.41) is 2.68. The fourth-order valence-corrected chi connectivity index (χ4v) is 0.968. The van der Waals surface area contributed by atoms with E-state index in [0.717, 1.165) is 25.9 Å². The molecule has 1 aliphatic heterocycles. The van der Waals surface area contributed by atoms with Gasteiger partial charge in [-0.25, -0.2) is 0 Å². The van der Waals surface area contributed by atoms with Crippen molar-refractivity contribution in [1.82, 2.24) is 5.32 Å². The molecule has 1 aliphatic rings. The van der Waals surface area contributed by atoms with Gasteiger partial charge >= 0.3 is 0 Å². The van der Waals surface area contributed by atoms with Crippen molar-refractivity contribution in [3.63, 3.8) is 0 Å². The van der Waals surface area contributed by atoms with Crippen LogP contribution < -0.4 is 5.32 Å². The molecule has 0 aromatic carbocycles. The number of hydrogen-bond donors (Lipinski definition) is 1. The van der Waals surface area contributed by atoms with Gasteiger partial charge in [0, 0.05) is 6.61 Å². The van der Waals surface area contributed by atoms with Crippen LogP contribution in [0.2, 0.25) is 0 Å². The van der Waals surface area contributed by atoms with E-state index in [1.165, 1.54) is 0 Å². The van der Waals surface area contributed by atoms with Crippen LogP contribution >= 0.6 is 0 Å². The van der Waals surface area contributed by atoms with Crippen LogP contribution in [0.5, 0.6) is 0 Å². The van der Waals surface area contributed by atoms with Crippen molar-refractivity contribution >= 4 is 6.41 Å². The maximum atomic E-state index is 9.91. The van der Waals surface area contributed by atoms with Gasteiger partial charge in [-0.15, -0.1) is 0 Å². The molecule has 1 rings (SSSR count). The standard InChI is InChI=1S/C6H11NO2/c8-5-7-6-2-1-3-9-4-6/h5-6H,1-4H2,(H,7,8)/t6-/m0/s1. The van der Waals surface area contributed by atoms with Crippen molar-refractivity contribution in [1.29, 1.82) is 0 Å². The summed E-state index contributed by atoms with van der Waals surface area (Å²) in [6, 6.07) is 0.260. The topological polar surface area (TPSA) is 38.3 Å². The van der Waals surface area contributed by atoms with E-state index in [-0.39, 0.29) is 6.04 Å². The highest BCUT2D eigenvalue weighted by atomic mass is 16.5. The average molecular weight is 129 g/mol. The lowest BCUT2D eigenvalue weighted by Crippen LogP contribution is -2.35. The van der Waals surface area contributed by atoms with Gasteiger partial charge in [0.25, 0.3) is 0 Å². The Bertz CT molecular complexity index is 89.1. The van der Waals surface area contributed by atoms with Crippen molar-refractivity contribution in [3.05, 3.63) is 0 Å². The predicted molar refractivity (Wildman–Crippen MR) is 33.0 cm³/mol.